The van der Waals surface area contributed by atoms with Crippen LogP contribution < -0.4 is 5.56 Å². The van der Waals surface area contributed by atoms with E-state index >= 15 is 0 Å². The first-order chi connectivity index (χ1) is 24.4. The number of thiophene rings is 1. The van der Waals surface area contributed by atoms with Gasteiger partial charge in [-0.05, 0) is 30.9 Å². The van der Waals surface area contributed by atoms with E-state index in [4.69, 9.17) is 33.7 Å². The quantitative estimate of drug-likeness (QED) is 0.176. The second kappa shape index (κ2) is 13.3. The first kappa shape index (κ1) is 33.9. The smallest absolute Gasteiger partial charge is 0.303 e. The van der Waals surface area contributed by atoms with Gasteiger partial charge in [0.25, 0.3) is 5.56 Å². The number of carbonyl (C=O) groups is 4. The Morgan fingerprint density at radius 2 is 1.63 bits per heavy atom. The van der Waals surface area contributed by atoms with Crippen LogP contribution in [0.2, 0.25) is 0 Å². The average Bonchev–Trinajstić information content (AvgIpc) is 3.67. The zero-order chi connectivity index (χ0) is 36.1. The Morgan fingerprint density at radius 1 is 0.922 bits per heavy atom. The largest absolute Gasteiger partial charge is 0.463 e. The van der Waals surface area contributed by atoms with Crippen molar-refractivity contribution >= 4 is 56.5 Å². The molecule has 2 aliphatic rings. The number of ether oxygens (including phenoxy) is 5. The number of aryl methyl sites for hydroxylation is 3. The van der Waals surface area contributed by atoms with E-state index in [0.717, 1.165) is 59.5 Å². The maximum Gasteiger partial charge on any atom is 0.303 e. The van der Waals surface area contributed by atoms with E-state index in [0.29, 0.717) is 11.6 Å². The Kier molecular flexibility index (Phi) is 8.84. The highest BCUT2D eigenvalue weighted by Crippen LogP contribution is 2.45. The van der Waals surface area contributed by atoms with Gasteiger partial charge >= 0.3 is 23.9 Å². The first-order valence-corrected chi connectivity index (χ1v) is 16.9. The molecule has 1 saturated heterocycles. The van der Waals surface area contributed by atoms with Crippen molar-refractivity contribution in [2.45, 2.75) is 78.1 Å². The predicted molar refractivity (Wildman–Crippen MR) is 179 cm³/mol. The van der Waals surface area contributed by atoms with Gasteiger partial charge in [-0.25, -0.2) is 15.0 Å². The molecule has 16 nitrogen and oxygen atoms in total. The van der Waals surface area contributed by atoms with Crippen molar-refractivity contribution in [1.82, 2.24) is 29.3 Å². The predicted octanol–water partition coefficient (Wildman–Crippen LogP) is 2.92. The number of nitrogens with zero attached hydrogens (tertiary/aromatic N) is 6. The van der Waals surface area contributed by atoms with Crippen molar-refractivity contribution in [3.63, 3.8) is 0 Å². The zero-order valence-electron chi connectivity index (χ0n) is 28.1. The van der Waals surface area contributed by atoms with Crippen molar-refractivity contribution in [2.75, 3.05) is 6.61 Å². The van der Waals surface area contributed by atoms with Gasteiger partial charge < -0.3 is 23.7 Å². The Hall–Kier alpha value is -5.55. The maximum absolute atomic E-state index is 14.3. The molecule has 1 aliphatic carbocycles. The number of esters is 4. The van der Waals surface area contributed by atoms with Crippen LogP contribution in [0.5, 0.6) is 0 Å². The van der Waals surface area contributed by atoms with Crippen LogP contribution in [-0.4, -0.2) is 84.2 Å². The summed E-state index contributed by atoms with van der Waals surface area (Å²) < 4.78 is 30.5. The summed E-state index contributed by atoms with van der Waals surface area (Å²) in [5, 5.41) is 5.43. The SMILES string of the molecule is CC(=O)OC[C@H]1O[C@@H](n2cnc3c(cnn3-c3nc(C)nc4sc5c(c34)-c3ccccc3CC5)c2=O)[C@H](OC(C)=O)[C@@H](OC(C)=O)[C@@H]1OC(C)=O. The number of aromatic nitrogens is 6. The molecule has 0 N–H and O–H groups in total. The van der Waals surface area contributed by atoms with E-state index in [1.165, 1.54) is 34.6 Å². The minimum Gasteiger partial charge on any atom is -0.463 e. The van der Waals surface area contributed by atoms with Crippen LogP contribution in [-0.2, 0) is 55.7 Å². The molecule has 0 bridgehead atoms. The van der Waals surface area contributed by atoms with Crippen LogP contribution >= 0.6 is 11.3 Å². The van der Waals surface area contributed by atoms with Gasteiger partial charge in [0.05, 0.1) is 11.6 Å². The molecule has 1 fully saturated rings. The molecular formula is C34H32N6O10S. The fourth-order valence-electron chi connectivity index (χ4n) is 6.67. The molecule has 0 saturated carbocycles. The van der Waals surface area contributed by atoms with E-state index in [2.05, 4.69) is 22.2 Å². The summed E-state index contributed by atoms with van der Waals surface area (Å²) in [7, 11) is 0. The van der Waals surface area contributed by atoms with E-state index in [-0.39, 0.29) is 11.0 Å². The van der Waals surface area contributed by atoms with E-state index in [9.17, 15) is 24.0 Å². The Labute approximate surface area is 293 Å². The highest BCUT2D eigenvalue weighted by molar-refractivity contribution is 7.19. The molecular weight excluding hydrogens is 684 g/mol. The number of carbonyl (C=O) groups excluding carboxylic acids is 4. The summed E-state index contributed by atoms with van der Waals surface area (Å²) >= 11 is 1.60. The van der Waals surface area contributed by atoms with Crippen LogP contribution in [0, 0.1) is 6.92 Å². The average molecular weight is 717 g/mol. The maximum atomic E-state index is 14.3. The van der Waals surface area contributed by atoms with Crippen molar-refractivity contribution in [3.8, 4) is 16.9 Å². The lowest BCUT2D eigenvalue weighted by atomic mass is 9.89. The lowest BCUT2D eigenvalue weighted by molar-refractivity contribution is -0.269. The van der Waals surface area contributed by atoms with Gasteiger partial charge in [0.2, 0.25) is 0 Å². The van der Waals surface area contributed by atoms with Gasteiger partial charge in [0, 0.05) is 38.1 Å². The summed E-state index contributed by atoms with van der Waals surface area (Å²) in [6.45, 7) is 5.86. The normalized spacial score (nSPS) is 21.1. The minimum absolute atomic E-state index is 0.0688. The molecule has 7 rings (SSSR count). The summed E-state index contributed by atoms with van der Waals surface area (Å²) in [4.78, 5) is 78.9. The standard InChI is InChI=1S/C34H32N6O10S/c1-15-37-31(26-25-21-9-7-6-8-20(21)10-11-24(25)51-32(26)38-15)40-30-22(12-36-40)33(45)39(14-35-30)34-29(49-19(5)44)28(48-18(4)43)27(47-17(3)42)23(50-34)13-46-16(2)41/h6-9,12,14,23,27-29,34H,10-11,13H2,1-5H3/t23-,27-,28+,29-,34-/m1/s1. The van der Waals surface area contributed by atoms with Crippen molar-refractivity contribution in [3.05, 3.63) is 63.4 Å². The number of rotatable bonds is 7. The van der Waals surface area contributed by atoms with Crippen LogP contribution in [0.3, 0.4) is 0 Å². The Bertz CT molecular complexity index is 2300. The lowest BCUT2D eigenvalue weighted by Gasteiger charge is -2.44. The highest BCUT2D eigenvalue weighted by atomic mass is 32.1. The molecule has 1 aliphatic heterocycles. The third-order valence-corrected chi connectivity index (χ3v) is 9.72. The van der Waals surface area contributed by atoms with Crippen LogP contribution in [0.4, 0.5) is 0 Å². The summed E-state index contributed by atoms with van der Waals surface area (Å²) in [6.07, 6.45) is -2.79. The first-order valence-electron chi connectivity index (χ1n) is 16.0. The molecule has 0 spiro atoms. The minimum atomic E-state index is -1.50. The molecule has 264 valence electrons. The van der Waals surface area contributed by atoms with Crippen molar-refractivity contribution in [2.24, 2.45) is 0 Å². The van der Waals surface area contributed by atoms with Crippen LogP contribution in [0.15, 0.2) is 41.6 Å². The zero-order valence-corrected chi connectivity index (χ0v) is 29.0. The van der Waals surface area contributed by atoms with Gasteiger partial charge in [-0.15, -0.1) is 11.3 Å². The molecule has 17 heteroatoms. The second-order valence-corrected chi connectivity index (χ2v) is 13.3. The van der Waals surface area contributed by atoms with Gasteiger partial charge in [0.15, 0.2) is 36.0 Å². The molecule has 0 amide bonds. The van der Waals surface area contributed by atoms with E-state index in [1.54, 1.807) is 18.3 Å². The lowest BCUT2D eigenvalue weighted by Crippen LogP contribution is -2.61. The summed E-state index contributed by atoms with van der Waals surface area (Å²) in [5.74, 6) is -2.07. The number of hydrogen-bond donors (Lipinski definition) is 0. The van der Waals surface area contributed by atoms with Gasteiger partial charge in [-0.1, -0.05) is 24.3 Å². The monoisotopic (exact) mass is 716 g/mol. The molecule has 5 aromatic rings. The molecule has 4 aromatic heterocycles. The molecule has 5 heterocycles. The van der Waals surface area contributed by atoms with E-state index in [1.807, 2.05) is 12.1 Å². The van der Waals surface area contributed by atoms with Crippen molar-refractivity contribution < 1.29 is 42.9 Å². The van der Waals surface area contributed by atoms with Gasteiger partial charge in [0.1, 0.15) is 35.1 Å². The Balaban J connectivity index is 1.37. The van der Waals surface area contributed by atoms with E-state index < -0.39 is 66.7 Å². The fraction of sp³-hybridized carbons (Fsp3) is 0.382. The molecule has 1 aromatic carbocycles. The molecule has 5 atom stereocenters. The van der Waals surface area contributed by atoms with Gasteiger partial charge in [-0.2, -0.15) is 9.78 Å². The number of hydrogen-bond acceptors (Lipinski definition) is 15. The number of fused-ring (bicyclic) bond motifs is 6. The van der Waals surface area contributed by atoms with Crippen molar-refractivity contribution in [1.29, 1.82) is 0 Å². The fourth-order valence-corrected chi connectivity index (χ4v) is 7.89. The molecule has 51 heavy (non-hydrogen) atoms. The third-order valence-electron chi connectivity index (χ3n) is 8.58. The molecule has 0 unspecified atom stereocenters. The van der Waals surface area contributed by atoms with Crippen LogP contribution in [0.1, 0.15) is 50.2 Å². The third kappa shape index (κ3) is 6.22. The van der Waals surface area contributed by atoms with Crippen LogP contribution in [0.25, 0.3) is 38.2 Å². The highest BCUT2D eigenvalue weighted by Gasteiger charge is 2.53. The second-order valence-electron chi connectivity index (χ2n) is 12.2. The number of benzene rings is 1. The topological polar surface area (TPSA) is 193 Å². The molecule has 0 radical (unpaired) electrons. The Morgan fingerprint density at radius 3 is 2.35 bits per heavy atom. The van der Waals surface area contributed by atoms with Gasteiger partial charge in [-0.3, -0.25) is 28.5 Å². The summed E-state index contributed by atoms with van der Waals surface area (Å²) in [5.41, 5.74) is 2.88. The summed E-state index contributed by atoms with van der Waals surface area (Å²) in [6, 6.07) is 8.20.